The molecule has 0 spiro atoms. The molecule has 2 N–H and O–H groups in total. The fraction of sp³-hybridized carbons (Fsp3) is 0.632. The number of aliphatic hydroxyl groups is 2. The maximum atomic E-state index is 12.7. The molecule has 1 rings (SSSR count). The predicted molar refractivity (Wildman–Crippen MR) is 100 cm³/mol. The average Bonchev–Trinajstić information content (AvgIpc) is 2.66. The van der Waals surface area contributed by atoms with E-state index < -0.39 is 11.7 Å². The summed E-state index contributed by atoms with van der Waals surface area (Å²) < 4.78 is 43.3. The third-order valence-corrected chi connectivity index (χ3v) is 4.06. The highest BCUT2D eigenvalue weighted by molar-refractivity contribution is 6.00. The minimum atomic E-state index is -4.38. The second-order valence-corrected chi connectivity index (χ2v) is 6.19. The lowest BCUT2D eigenvalue weighted by atomic mass is 10.0. The first kappa shape index (κ1) is 24.4. The van der Waals surface area contributed by atoms with Gasteiger partial charge in [-0.1, -0.05) is 17.3 Å². The normalized spacial score (nSPS) is 12.6. The summed E-state index contributed by atoms with van der Waals surface area (Å²) in [5.74, 6) is 0. The number of methoxy groups -OCH3 is 1. The molecule has 1 aromatic carbocycles. The van der Waals surface area contributed by atoms with Gasteiger partial charge in [0.05, 0.1) is 24.5 Å². The maximum absolute atomic E-state index is 12.7. The number of benzene rings is 1. The summed E-state index contributed by atoms with van der Waals surface area (Å²) in [7, 11) is 1.61. The highest BCUT2D eigenvalue weighted by Crippen LogP contribution is 2.29. The summed E-state index contributed by atoms with van der Waals surface area (Å²) >= 11 is 0. The van der Waals surface area contributed by atoms with Crippen molar-refractivity contribution in [2.75, 3.05) is 53.2 Å². The third-order valence-electron chi connectivity index (χ3n) is 4.06. The number of hydrogen-bond acceptors (Lipinski definition) is 6. The van der Waals surface area contributed by atoms with Crippen LogP contribution >= 0.6 is 0 Å². The largest absolute Gasteiger partial charge is 0.416 e. The molecule has 0 aliphatic carbocycles. The molecule has 160 valence electrons. The number of rotatable bonds is 14. The molecular weight excluding hydrogens is 377 g/mol. The van der Waals surface area contributed by atoms with Crippen molar-refractivity contribution in [1.82, 2.24) is 4.90 Å². The summed E-state index contributed by atoms with van der Waals surface area (Å²) in [6.45, 7) is 2.07. The van der Waals surface area contributed by atoms with E-state index in [-0.39, 0.29) is 19.8 Å². The zero-order valence-corrected chi connectivity index (χ0v) is 16.1. The van der Waals surface area contributed by atoms with Crippen LogP contribution < -0.4 is 0 Å². The van der Waals surface area contributed by atoms with Gasteiger partial charge in [-0.2, -0.15) is 13.2 Å². The molecule has 1 aromatic rings. The topological polar surface area (TPSA) is 74.5 Å². The average molecular weight is 406 g/mol. The molecule has 0 atom stereocenters. The molecule has 0 radical (unpaired) electrons. The number of halogens is 3. The van der Waals surface area contributed by atoms with Gasteiger partial charge >= 0.3 is 6.18 Å². The third kappa shape index (κ3) is 9.50. The molecule has 0 aliphatic heterocycles. The number of oxime groups is 1. The van der Waals surface area contributed by atoms with Crippen molar-refractivity contribution in [1.29, 1.82) is 0 Å². The molecule has 0 aromatic heterocycles. The minimum Gasteiger partial charge on any atom is -0.395 e. The van der Waals surface area contributed by atoms with Crippen LogP contribution in [0.25, 0.3) is 0 Å². The van der Waals surface area contributed by atoms with Crippen LogP contribution in [0.3, 0.4) is 0 Å². The zero-order valence-electron chi connectivity index (χ0n) is 16.1. The maximum Gasteiger partial charge on any atom is 0.416 e. The van der Waals surface area contributed by atoms with E-state index in [1.165, 1.54) is 12.1 Å². The molecule has 28 heavy (non-hydrogen) atoms. The molecule has 0 unspecified atom stereocenters. The lowest BCUT2D eigenvalue weighted by Crippen LogP contribution is -2.32. The molecule has 0 amide bonds. The number of alkyl halides is 3. The van der Waals surface area contributed by atoms with Crippen molar-refractivity contribution in [2.45, 2.75) is 25.4 Å². The SMILES string of the molecule is COCCCC/C(=N\OCCN(CCO)CCO)c1ccc(C(F)(F)F)cc1. The highest BCUT2D eigenvalue weighted by Gasteiger charge is 2.30. The minimum absolute atomic E-state index is 0.0282. The van der Waals surface area contributed by atoms with Gasteiger partial charge in [-0.3, -0.25) is 4.90 Å². The Hall–Kier alpha value is -1.68. The number of nitrogens with zero attached hydrogens (tertiary/aromatic N) is 2. The Morgan fingerprint density at radius 1 is 1.00 bits per heavy atom. The molecule has 0 saturated heterocycles. The van der Waals surface area contributed by atoms with Gasteiger partial charge in [0.1, 0.15) is 6.61 Å². The van der Waals surface area contributed by atoms with E-state index in [0.717, 1.165) is 25.0 Å². The van der Waals surface area contributed by atoms with Gasteiger partial charge in [0.25, 0.3) is 0 Å². The van der Waals surface area contributed by atoms with Crippen LogP contribution in [-0.4, -0.2) is 74.0 Å². The van der Waals surface area contributed by atoms with Crippen molar-refractivity contribution >= 4 is 5.71 Å². The van der Waals surface area contributed by atoms with Crippen LogP contribution in [-0.2, 0) is 15.8 Å². The van der Waals surface area contributed by atoms with Crippen LogP contribution in [0, 0.1) is 0 Å². The fourth-order valence-corrected chi connectivity index (χ4v) is 2.54. The highest BCUT2D eigenvalue weighted by atomic mass is 19.4. The molecule has 0 heterocycles. The molecule has 0 saturated carbocycles. The fourth-order valence-electron chi connectivity index (χ4n) is 2.54. The van der Waals surface area contributed by atoms with Crippen molar-refractivity contribution < 1.29 is 33.0 Å². The van der Waals surface area contributed by atoms with Crippen molar-refractivity contribution in [3.63, 3.8) is 0 Å². The summed E-state index contributed by atoms with van der Waals surface area (Å²) in [5, 5.41) is 22.1. The van der Waals surface area contributed by atoms with Crippen molar-refractivity contribution in [2.24, 2.45) is 5.16 Å². The van der Waals surface area contributed by atoms with E-state index in [1.54, 1.807) is 7.11 Å². The molecular formula is C19H29F3N2O4. The Morgan fingerprint density at radius 2 is 1.64 bits per heavy atom. The summed E-state index contributed by atoms with van der Waals surface area (Å²) in [6, 6.07) is 4.85. The van der Waals surface area contributed by atoms with Gasteiger partial charge < -0.3 is 19.8 Å². The van der Waals surface area contributed by atoms with Crippen LogP contribution in [0.2, 0.25) is 0 Å². The lowest BCUT2D eigenvalue weighted by molar-refractivity contribution is -0.137. The standard InChI is InChI=1S/C19H29F3N2O4/c1-27-14-3-2-4-18(16-5-7-17(8-6-16)19(20,21)22)23-28-15-11-24(9-12-25)10-13-26/h5-8,25-26H,2-4,9-15H2,1H3/b23-18+. The molecule has 9 heteroatoms. The number of hydrogen-bond donors (Lipinski definition) is 2. The summed E-state index contributed by atoms with van der Waals surface area (Å²) in [5.41, 5.74) is 0.438. The number of unbranched alkanes of at least 4 members (excludes halogenated alkanes) is 1. The Morgan fingerprint density at radius 3 is 2.18 bits per heavy atom. The van der Waals surface area contributed by atoms with Gasteiger partial charge in [-0.05, 0) is 37.0 Å². The van der Waals surface area contributed by atoms with Crippen LogP contribution in [0.15, 0.2) is 29.4 Å². The first-order valence-corrected chi connectivity index (χ1v) is 9.21. The van der Waals surface area contributed by atoms with Gasteiger partial charge in [0.2, 0.25) is 0 Å². The Labute approximate surface area is 163 Å². The first-order valence-electron chi connectivity index (χ1n) is 9.21. The molecule has 0 bridgehead atoms. The predicted octanol–water partition coefficient (Wildman–Crippen LogP) is 2.53. The number of aliphatic hydroxyl groups excluding tert-OH is 2. The van der Waals surface area contributed by atoms with E-state index in [4.69, 9.17) is 19.8 Å². The summed E-state index contributed by atoms with van der Waals surface area (Å²) in [4.78, 5) is 7.18. The lowest BCUT2D eigenvalue weighted by Gasteiger charge is -2.19. The van der Waals surface area contributed by atoms with Gasteiger partial charge in [-0.25, -0.2) is 0 Å². The van der Waals surface area contributed by atoms with Crippen LogP contribution in [0.5, 0.6) is 0 Å². The van der Waals surface area contributed by atoms with E-state index in [1.807, 2.05) is 4.90 Å². The monoisotopic (exact) mass is 406 g/mol. The quantitative estimate of drug-likeness (QED) is 0.282. The molecule has 0 fully saturated rings. The van der Waals surface area contributed by atoms with Crippen molar-refractivity contribution in [3.8, 4) is 0 Å². The smallest absolute Gasteiger partial charge is 0.395 e. The Balaban J connectivity index is 2.73. The zero-order chi connectivity index (χ0) is 20.8. The van der Waals surface area contributed by atoms with E-state index in [0.29, 0.717) is 43.9 Å². The van der Waals surface area contributed by atoms with Crippen LogP contribution in [0.1, 0.15) is 30.4 Å². The Kier molecular flexibility index (Phi) is 11.7. The first-order chi connectivity index (χ1) is 13.4. The van der Waals surface area contributed by atoms with E-state index in [2.05, 4.69) is 5.16 Å². The van der Waals surface area contributed by atoms with E-state index in [9.17, 15) is 13.2 Å². The summed E-state index contributed by atoms with van der Waals surface area (Å²) in [6.07, 6.45) is -2.27. The second kappa shape index (κ2) is 13.5. The molecule has 0 aliphatic rings. The van der Waals surface area contributed by atoms with Gasteiger partial charge in [-0.15, -0.1) is 0 Å². The van der Waals surface area contributed by atoms with Gasteiger partial charge in [0.15, 0.2) is 0 Å². The number of ether oxygens (including phenoxy) is 1. The Bertz CT molecular complexity index is 559. The second-order valence-electron chi connectivity index (χ2n) is 6.19. The van der Waals surface area contributed by atoms with Crippen LogP contribution in [0.4, 0.5) is 13.2 Å². The van der Waals surface area contributed by atoms with Gasteiger partial charge in [0, 0.05) is 33.4 Å². The molecule has 6 nitrogen and oxygen atoms in total. The van der Waals surface area contributed by atoms with E-state index >= 15 is 0 Å². The van der Waals surface area contributed by atoms with Crippen molar-refractivity contribution in [3.05, 3.63) is 35.4 Å².